The Morgan fingerprint density at radius 1 is 1.35 bits per heavy atom. The fourth-order valence-corrected chi connectivity index (χ4v) is 6.04. The molecule has 4 aliphatic carbocycles. The molecule has 1 heterocycles. The Kier molecular flexibility index (Phi) is 6.48. The van der Waals surface area contributed by atoms with Gasteiger partial charge in [0.25, 0.3) is 5.91 Å². The summed E-state index contributed by atoms with van der Waals surface area (Å²) in [6.07, 6.45) is 12.2. The van der Waals surface area contributed by atoms with E-state index >= 15 is 0 Å². The summed E-state index contributed by atoms with van der Waals surface area (Å²) in [5, 5.41) is 9.76. The Labute approximate surface area is 200 Å². The maximum atomic E-state index is 13.4. The quantitative estimate of drug-likeness (QED) is 0.536. The molecule has 0 saturated heterocycles. The number of primary amides is 1. The van der Waals surface area contributed by atoms with E-state index in [0.717, 1.165) is 5.92 Å². The summed E-state index contributed by atoms with van der Waals surface area (Å²) < 4.78 is 7.47. The number of carbonyl (C=O) groups excluding carboxylic acids is 3. The second kappa shape index (κ2) is 9.07. The van der Waals surface area contributed by atoms with Crippen LogP contribution in [0.4, 0.5) is 4.79 Å². The van der Waals surface area contributed by atoms with Crippen molar-refractivity contribution in [1.29, 1.82) is 0 Å². The number of rotatable bonds is 8. The summed E-state index contributed by atoms with van der Waals surface area (Å²) in [7, 11) is 0. The number of ether oxygens (including phenoxy) is 1. The van der Waals surface area contributed by atoms with Gasteiger partial charge in [0, 0.05) is 12.2 Å². The number of carbonyl (C=O) groups is 3. The summed E-state index contributed by atoms with van der Waals surface area (Å²) in [5.41, 5.74) is 4.70. The maximum absolute atomic E-state index is 13.4. The molecular formula is C25H37N5O4. The smallest absolute Gasteiger partial charge is 0.318 e. The highest BCUT2D eigenvalue weighted by molar-refractivity contribution is 5.98. The molecule has 3 unspecified atom stereocenters. The van der Waals surface area contributed by atoms with Crippen molar-refractivity contribution in [2.24, 2.45) is 34.3 Å². The fraction of sp³-hybridized carbons (Fsp3) is 0.680. The van der Waals surface area contributed by atoms with Gasteiger partial charge in [0.1, 0.15) is 5.56 Å². The number of imide groups is 1. The van der Waals surface area contributed by atoms with Crippen molar-refractivity contribution in [3.8, 4) is 5.88 Å². The van der Waals surface area contributed by atoms with E-state index in [4.69, 9.17) is 10.5 Å². The van der Waals surface area contributed by atoms with Gasteiger partial charge in [-0.05, 0) is 62.7 Å². The van der Waals surface area contributed by atoms with E-state index in [1.54, 1.807) is 26.1 Å². The van der Waals surface area contributed by atoms with Gasteiger partial charge >= 0.3 is 6.03 Å². The molecule has 186 valence electrons. The van der Waals surface area contributed by atoms with Crippen LogP contribution in [0.5, 0.6) is 5.88 Å². The molecule has 4 amide bonds. The lowest BCUT2D eigenvalue weighted by Crippen LogP contribution is -2.66. The van der Waals surface area contributed by atoms with Crippen LogP contribution in [0.2, 0.25) is 0 Å². The van der Waals surface area contributed by atoms with Crippen LogP contribution in [0.25, 0.3) is 6.20 Å². The van der Waals surface area contributed by atoms with Gasteiger partial charge in [0.2, 0.25) is 11.8 Å². The Hall–Kier alpha value is -2.84. The molecule has 4 N–H and O–H groups in total. The molecule has 9 heteroatoms. The van der Waals surface area contributed by atoms with Gasteiger partial charge in [0.15, 0.2) is 0 Å². The van der Waals surface area contributed by atoms with E-state index in [9.17, 15) is 14.4 Å². The fourth-order valence-electron chi connectivity index (χ4n) is 6.04. The van der Waals surface area contributed by atoms with Gasteiger partial charge in [-0.25, -0.2) is 9.48 Å². The Morgan fingerprint density at radius 3 is 2.82 bits per heavy atom. The zero-order chi connectivity index (χ0) is 24.7. The first-order valence-corrected chi connectivity index (χ1v) is 12.3. The molecule has 34 heavy (non-hydrogen) atoms. The minimum absolute atomic E-state index is 0.165. The Bertz CT molecular complexity index is 991. The highest BCUT2D eigenvalue weighted by Gasteiger charge is 2.59. The van der Waals surface area contributed by atoms with Gasteiger partial charge in [0.05, 0.1) is 18.2 Å². The molecule has 5 rings (SSSR count). The van der Waals surface area contributed by atoms with Crippen molar-refractivity contribution in [2.45, 2.75) is 72.3 Å². The molecule has 1 spiro atoms. The van der Waals surface area contributed by atoms with Crippen molar-refractivity contribution >= 4 is 24.0 Å². The lowest BCUT2D eigenvalue weighted by molar-refractivity contribution is -0.125. The minimum Gasteiger partial charge on any atom is -0.477 e. The average molecular weight is 472 g/mol. The largest absolute Gasteiger partial charge is 0.477 e. The number of nitrogens with two attached hydrogens (primary N) is 1. The molecule has 1 aromatic rings. The lowest BCUT2D eigenvalue weighted by Gasteiger charge is -2.64. The number of aromatic nitrogens is 2. The predicted octanol–water partition coefficient (Wildman–Crippen LogP) is 3.31. The molecule has 4 fully saturated rings. The van der Waals surface area contributed by atoms with E-state index in [1.807, 2.05) is 13.8 Å². The van der Waals surface area contributed by atoms with E-state index in [0.29, 0.717) is 24.0 Å². The summed E-state index contributed by atoms with van der Waals surface area (Å²) in [6, 6.07) is -0.681. The molecule has 4 atom stereocenters. The van der Waals surface area contributed by atoms with Crippen molar-refractivity contribution in [3.05, 3.63) is 17.8 Å². The molecule has 3 bridgehead atoms. The number of urea groups is 1. The zero-order valence-corrected chi connectivity index (χ0v) is 20.6. The third-order valence-corrected chi connectivity index (χ3v) is 7.71. The van der Waals surface area contributed by atoms with Crippen molar-refractivity contribution in [2.75, 3.05) is 6.61 Å². The van der Waals surface area contributed by atoms with Crippen LogP contribution in [0.1, 0.15) is 76.6 Å². The third kappa shape index (κ3) is 4.70. The first-order valence-electron chi connectivity index (χ1n) is 12.3. The van der Waals surface area contributed by atoms with Crippen molar-refractivity contribution < 1.29 is 19.1 Å². The van der Waals surface area contributed by atoms with Crippen LogP contribution in [-0.2, 0) is 4.79 Å². The van der Waals surface area contributed by atoms with E-state index in [2.05, 4.69) is 15.7 Å². The van der Waals surface area contributed by atoms with Crippen molar-refractivity contribution in [1.82, 2.24) is 20.4 Å². The first-order chi connectivity index (χ1) is 16.0. The van der Waals surface area contributed by atoms with Crippen LogP contribution in [0.15, 0.2) is 12.3 Å². The number of amides is 4. The lowest BCUT2D eigenvalue weighted by atomic mass is 9.44. The van der Waals surface area contributed by atoms with Crippen molar-refractivity contribution in [3.63, 3.8) is 0 Å². The monoisotopic (exact) mass is 471 g/mol. The highest BCUT2D eigenvalue weighted by atomic mass is 16.5. The SMILES string of the molecule is CC(C)COc1c(C(=O)N[C@@H]2C3CC4CCCC2(C4)C3)cnn1/C=C/C(C)(C)C(=O)NC(N)=O. The van der Waals surface area contributed by atoms with Crippen LogP contribution < -0.4 is 21.1 Å². The molecule has 0 radical (unpaired) electrons. The molecule has 1 aromatic heterocycles. The van der Waals surface area contributed by atoms with Crippen LogP contribution in [-0.4, -0.2) is 40.3 Å². The predicted molar refractivity (Wildman–Crippen MR) is 128 cm³/mol. The Morgan fingerprint density at radius 2 is 2.12 bits per heavy atom. The number of hydrogen-bond donors (Lipinski definition) is 3. The minimum atomic E-state index is -1.03. The van der Waals surface area contributed by atoms with Crippen LogP contribution in [0, 0.1) is 28.6 Å². The standard InChI is InChI=1S/C25H37N5O4/c1-15(2)14-34-21-18(13-27-30(21)9-8-24(3,4)22(32)29-23(26)33)20(31)28-19-17-10-16-6-5-7-25(19,11-16)12-17/h8-9,13,15-17,19H,5-7,10-12,14H2,1-4H3,(H,28,31)(H3,26,29,32,33)/b9-8+/t16?,17?,19-,25?/m1/s1. The van der Waals surface area contributed by atoms with Gasteiger partial charge in [-0.3, -0.25) is 14.9 Å². The van der Waals surface area contributed by atoms with E-state index in [-0.39, 0.29) is 23.3 Å². The second-order valence-electron chi connectivity index (χ2n) is 11.3. The van der Waals surface area contributed by atoms with Gasteiger partial charge in [-0.2, -0.15) is 5.10 Å². The molecule has 0 aromatic carbocycles. The zero-order valence-electron chi connectivity index (χ0n) is 20.6. The molecule has 9 nitrogen and oxygen atoms in total. The molecule has 4 aliphatic rings. The second-order valence-corrected chi connectivity index (χ2v) is 11.3. The van der Waals surface area contributed by atoms with Gasteiger partial charge in [-0.1, -0.05) is 32.8 Å². The first kappa shape index (κ1) is 24.3. The molecule has 4 saturated carbocycles. The molecular weight excluding hydrogens is 434 g/mol. The summed E-state index contributed by atoms with van der Waals surface area (Å²) in [4.78, 5) is 36.7. The number of nitrogens with zero attached hydrogens (tertiary/aromatic N) is 2. The Balaban J connectivity index is 1.53. The number of nitrogens with one attached hydrogen (secondary N) is 2. The van der Waals surface area contributed by atoms with Crippen LogP contribution in [0.3, 0.4) is 0 Å². The summed E-state index contributed by atoms with van der Waals surface area (Å²) in [5.74, 6) is 1.30. The third-order valence-electron chi connectivity index (χ3n) is 7.71. The van der Waals surface area contributed by atoms with E-state index < -0.39 is 17.4 Å². The van der Waals surface area contributed by atoms with Gasteiger partial charge < -0.3 is 15.8 Å². The maximum Gasteiger partial charge on any atom is 0.318 e. The summed E-state index contributed by atoms with van der Waals surface area (Å²) in [6.45, 7) is 7.78. The average Bonchev–Trinajstić information content (AvgIpc) is 3.16. The van der Waals surface area contributed by atoms with Crippen LogP contribution >= 0.6 is 0 Å². The molecule has 0 aliphatic heterocycles. The normalized spacial score (nSPS) is 27.9. The van der Waals surface area contributed by atoms with Gasteiger partial charge in [-0.15, -0.1) is 0 Å². The highest BCUT2D eigenvalue weighted by Crippen LogP contribution is 2.63. The number of hydrogen-bond acceptors (Lipinski definition) is 5. The summed E-state index contributed by atoms with van der Waals surface area (Å²) >= 11 is 0. The topological polar surface area (TPSA) is 128 Å². The van der Waals surface area contributed by atoms with E-state index in [1.165, 1.54) is 49.4 Å².